The van der Waals surface area contributed by atoms with Gasteiger partial charge in [-0.15, -0.1) is 11.3 Å². The Balaban J connectivity index is 2.21. The van der Waals surface area contributed by atoms with Crippen molar-refractivity contribution in [2.24, 2.45) is 0 Å². The Bertz CT molecular complexity index is 603. The van der Waals surface area contributed by atoms with Crippen molar-refractivity contribution in [3.63, 3.8) is 0 Å². The second-order valence-corrected chi connectivity index (χ2v) is 6.86. The quantitative estimate of drug-likeness (QED) is 0.945. The average Bonchev–Trinajstić information content (AvgIpc) is 2.92. The molecule has 2 N–H and O–H groups in total. The molecule has 0 aliphatic carbocycles. The van der Waals surface area contributed by atoms with Crippen LogP contribution in [0.25, 0.3) is 0 Å². The minimum atomic E-state index is -0.0229. The van der Waals surface area contributed by atoms with Crippen molar-refractivity contribution < 1.29 is 4.79 Å². The largest absolute Gasteiger partial charge is 0.375 e. The fraction of sp³-hybridized carbons (Fsp3) is 0.385. The molecule has 2 aromatic rings. The number of hydrogen-bond acceptors (Lipinski definition) is 5. The lowest BCUT2D eigenvalue weighted by molar-refractivity contribution is 0.0749. The molecule has 1 atom stereocenters. The van der Waals surface area contributed by atoms with Crippen LogP contribution in [-0.2, 0) is 0 Å². The maximum atomic E-state index is 12.4. The van der Waals surface area contributed by atoms with E-state index in [9.17, 15) is 4.79 Å². The first-order chi connectivity index (χ1) is 8.90. The third kappa shape index (κ3) is 2.79. The van der Waals surface area contributed by atoms with Gasteiger partial charge in [0.25, 0.3) is 5.91 Å². The van der Waals surface area contributed by atoms with Gasteiger partial charge in [-0.05, 0) is 32.9 Å². The molecule has 0 saturated heterocycles. The number of nitrogen functional groups attached to an aromatic ring is 1. The number of carbonyl (C=O) groups is 1. The highest BCUT2D eigenvalue weighted by atomic mass is 32.1. The van der Waals surface area contributed by atoms with Gasteiger partial charge in [-0.3, -0.25) is 4.79 Å². The fourth-order valence-corrected chi connectivity index (χ4v) is 3.61. The molecule has 2 heterocycles. The Hall–Kier alpha value is -1.40. The molecule has 1 amide bonds. The second kappa shape index (κ2) is 5.30. The van der Waals surface area contributed by atoms with Gasteiger partial charge in [0.1, 0.15) is 4.88 Å². The number of nitrogens with two attached hydrogens (primary N) is 1. The van der Waals surface area contributed by atoms with Gasteiger partial charge in [0.15, 0.2) is 5.13 Å². The third-order valence-electron chi connectivity index (χ3n) is 3.08. The maximum Gasteiger partial charge on any atom is 0.266 e. The number of thiazole rings is 1. The van der Waals surface area contributed by atoms with Gasteiger partial charge in [0, 0.05) is 16.8 Å². The molecule has 0 bridgehead atoms. The lowest BCUT2D eigenvalue weighted by Crippen LogP contribution is -2.29. The number of anilines is 1. The van der Waals surface area contributed by atoms with Crippen molar-refractivity contribution in [1.82, 2.24) is 9.88 Å². The van der Waals surface area contributed by atoms with Gasteiger partial charge in [0.2, 0.25) is 0 Å². The summed E-state index contributed by atoms with van der Waals surface area (Å²) in [6.45, 7) is 5.91. The summed E-state index contributed by atoms with van der Waals surface area (Å²) in [4.78, 5) is 21.3. The predicted molar refractivity (Wildman–Crippen MR) is 80.8 cm³/mol. The van der Waals surface area contributed by atoms with Crippen LogP contribution in [0.4, 0.5) is 5.13 Å². The average molecular weight is 295 g/mol. The number of thiophene rings is 1. The van der Waals surface area contributed by atoms with Crippen LogP contribution in [-0.4, -0.2) is 22.8 Å². The number of aromatic nitrogens is 1. The number of amides is 1. The van der Waals surface area contributed by atoms with Crippen molar-refractivity contribution in [3.05, 3.63) is 32.5 Å². The molecule has 102 valence electrons. The molecule has 0 fully saturated rings. The summed E-state index contributed by atoms with van der Waals surface area (Å²) in [5.41, 5.74) is 6.35. The Labute approximate surface area is 120 Å². The van der Waals surface area contributed by atoms with Crippen LogP contribution in [0.1, 0.15) is 38.1 Å². The van der Waals surface area contributed by atoms with Crippen molar-refractivity contribution in [3.8, 4) is 0 Å². The summed E-state index contributed by atoms with van der Waals surface area (Å²) in [6.07, 6.45) is 0. The van der Waals surface area contributed by atoms with E-state index in [0.717, 1.165) is 0 Å². The first-order valence-electron chi connectivity index (χ1n) is 5.96. The normalized spacial score (nSPS) is 12.4. The Kier molecular flexibility index (Phi) is 3.91. The van der Waals surface area contributed by atoms with Crippen molar-refractivity contribution in [2.75, 3.05) is 12.8 Å². The van der Waals surface area contributed by atoms with E-state index >= 15 is 0 Å². The lowest BCUT2D eigenvalue weighted by atomic mass is 10.2. The molecule has 1 unspecified atom stereocenters. The van der Waals surface area contributed by atoms with E-state index < -0.39 is 0 Å². The zero-order valence-electron chi connectivity index (χ0n) is 11.4. The van der Waals surface area contributed by atoms with Gasteiger partial charge in [-0.25, -0.2) is 4.98 Å². The number of carbonyl (C=O) groups excluding carboxylic acids is 1. The molecular formula is C13H17N3OS2. The zero-order chi connectivity index (χ0) is 14.2. The minimum absolute atomic E-state index is 0.0229. The van der Waals surface area contributed by atoms with E-state index in [1.54, 1.807) is 16.2 Å². The van der Waals surface area contributed by atoms with E-state index in [1.807, 2.05) is 20.9 Å². The molecule has 0 saturated carbocycles. The molecule has 0 aliphatic rings. The SMILES string of the molecule is Cc1ccc(C(C)N(C)C(=O)c2sc(N)nc2C)s1. The molecule has 19 heavy (non-hydrogen) atoms. The van der Waals surface area contributed by atoms with Crippen LogP contribution in [0.2, 0.25) is 0 Å². The van der Waals surface area contributed by atoms with E-state index in [0.29, 0.717) is 15.7 Å². The van der Waals surface area contributed by atoms with Crippen LogP contribution >= 0.6 is 22.7 Å². The fourth-order valence-electron chi connectivity index (χ4n) is 1.82. The van der Waals surface area contributed by atoms with E-state index in [4.69, 9.17) is 5.73 Å². The topological polar surface area (TPSA) is 59.2 Å². The summed E-state index contributed by atoms with van der Waals surface area (Å²) in [5, 5.41) is 0.439. The van der Waals surface area contributed by atoms with E-state index in [2.05, 4.69) is 24.0 Å². The van der Waals surface area contributed by atoms with Crippen molar-refractivity contribution in [2.45, 2.75) is 26.8 Å². The monoisotopic (exact) mass is 295 g/mol. The van der Waals surface area contributed by atoms with Gasteiger partial charge < -0.3 is 10.6 Å². The highest BCUT2D eigenvalue weighted by Gasteiger charge is 2.23. The molecule has 2 rings (SSSR count). The third-order valence-corrected chi connectivity index (χ3v) is 5.23. The molecule has 6 heteroatoms. The molecule has 0 radical (unpaired) electrons. The number of aryl methyl sites for hydroxylation is 2. The molecule has 2 aromatic heterocycles. The highest BCUT2D eigenvalue weighted by Crippen LogP contribution is 2.29. The first kappa shape index (κ1) is 14.0. The smallest absolute Gasteiger partial charge is 0.266 e. The van der Waals surface area contributed by atoms with Crippen molar-refractivity contribution >= 4 is 33.7 Å². The predicted octanol–water partition coefficient (Wildman–Crippen LogP) is 3.24. The molecule has 0 spiro atoms. The standard InChI is InChI=1S/C13H17N3OS2/c1-7-5-6-10(18-7)9(3)16(4)12(17)11-8(2)15-13(14)19-11/h5-6,9H,1-4H3,(H2,14,15). The highest BCUT2D eigenvalue weighted by molar-refractivity contribution is 7.17. The molecule has 4 nitrogen and oxygen atoms in total. The van der Waals surface area contributed by atoms with Crippen LogP contribution < -0.4 is 5.73 Å². The molecule has 0 aliphatic heterocycles. The summed E-state index contributed by atoms with van der Waals surface area (Å²) in [6, 6.07) is 4.20. The molecule has 0 aromatic carbocycles. The van der Waals surface area contributed by atoms with Crippen LogP contribution in [0.15, 0.2) is 12.1 Å². The van der Waals surface area contributed by atoms with E-state index in [1.165, 1.54) is 21.1 Å². The summed E-state index contributed by atoms with van der Waals surface area (Å²) in [5.74, 6) is -0.0229. The summed E-state index contributed by atoms with van der Waals surface area (Å²) < 4.78 is 0. The van der Waals surface area contributed by atoms with Gasteiger partial charge >= 0.3 is 0 Å². The number of rotatable bonds is 3. The maximum absolute atomic E-state index is 12.4. The Morgan fingerprint density at radius 3 is 2.53 bits per heavy atom. The second-order valence-electron chi connectivity index (χ2n) is 4.51. The first-order valence-corrected chi connectivity index (χ1v) is 7.60. The van der Waals surface area contributed by atoms with Gasteiger partial charge in [0.05, 0.1) is 11.7 Å². The van der Waals surface area contributed by atoms with Gasteiger partial charge in [-0.2, -0.15) is 0 Å². The van der Waals surface area contributed by atoms with E-state index in [-0.39, 0.29) is 11.9 Å². The van der Waals surface area contributed by atoms with Crippen LogP contribution in [0.3, 0.4) is 0 Å². The van der Waals surface area contributed by atoms with Crippen LogP contribution in [0.5, 0.6) is 0 Å². The summed E-state index contributed by atoms with van der Waals surface area (Å²) in [7, 11) is 1.82. The number of hydrogen-bond donors (Lipinski definition) is 1. The Morgan fingerprint density at radius 1 is 1.37 bits per heavy atom. The lowest BCUT2D eigenvalue weighted by Gasteiger charge is -2.23. The Morgan fingerprint density at radius 2 is 2.05 bits per heavy atom. The van der Waals surface area contributed by atoms with Crippen molar-refractivity contribution in [1.29, 1.82) is 0 Å². The zero-order valence-corrected chi connectivity index (χ0v) is 13.1. The minimum Gasteiger partial charge on any atom is -0.375 e. The molecular weight excluding hydrogens is 278 g/mol. The van der Waals surface area contributed by atoms with Crippen LogP contribution in [0, 0.1) is 13.8 Å². The number of nitrogens with zero attached hydrogens (tertiary/aromatic N) is 2. The summed E-state index contributed by atoms with van der Waals surface area (Å²) >= 11 is 2.96. The van der Waals surface area contributed by atoms with Gasteiger partial charge in [-0.1, -0.05) is 11.3 Å².